The van der Waals surface area contributed by atoms with E-state index in [1.54, 1.807) is 11.3 Å². The highest BCUT2D eigenvalue weighted by atomic mass is 35.5. The fraction of sp³-hybridized carbons (Fsp3) is 0.333. The molecule has 0 fully saturated rings. The molecular weight excluding hydrogens is 262 g/mol. The molecule has 2 N–H and O–H groups in total. The second kappa shape index (κ2) is 5.43. The van der Waals surface area contributed by atoms with Crippen molar-refractivity contribution in [2.45, 2.75) is 33.2 Å². The van der Waals surface area contributed by atoms with Crippen LogP contribution in [0.15, 0.2) is 23.6 Å². The van der Waals surface area contributed by atoms with Gasteiger partial charge in [0.15, 0.2) is 0 Å². The van der Waals surface area contributed by atoms with Crippen LogP contribution in [0.3, 0.4) is 0 Å². The molecule has 3 heteroatoms. The van der Waals surface area contributed by atoms with E-state index in [4.69, 9.17) is 17.3 Å². The zero-order valence-corrected chi connectivity index (χ0v) is 12.5. The Morgan fingerprint density at radius 2 is 2.00 bits per heavy atom. The van der Waals surface area contributed by atoms with Gasteiger partial charge in [-0.2, -0.15) is 0 Å². The first-order valence-corrected chi connectivity index (χ1v) is 7.38. The van der Waals surface area contributed by atoms with E-state index >= 15 is 0 Å². The molecule has 0 saturated heterocycles. The standard InChI is InChI=1S/C15H18ClNS/c1-4-11-5-6-18-15(11)14(17)12-7-10(3)13(16)8-9(12)2/h5-8,14H,4,17H2,1-3H3. The Bertz CT molecular complexity index is 560. The molecule has 1 nitrogen and oxygen atoms in total. The highest BCUT2D eigenvalue weighted by Crippen LogP contribution is 2.32. The lowest BCUT2D eigenvalue weighted by Gasteiger charge is -2.16. The van der Waals surface area contributed by atoms with Gasteiger partial charge in [-0.05, 0) is 60.0 Å². The first-order chi connectivity index (χ1) is 8.54. The van der Waals surface area contributed by atoms with Gasteiger partial charge in [0.05, 0.1) is 6.04 Å². The molecule has 2 rings (SSSR count). The van der Waals surface area contributed by atoms with E-state index in [0.29, 0.717) is 0 Å². The summed E-state index contributed by atoms with van der Waals surface area (Å²) in [6.45, 7) is 6.26. The van der Waals surface area contributed by atoms with E-state index in [1.165, 1.54) is 16.0 Å². The summed E-state index contributed by atoms with van der Waals surface area (Å²) in [7, 11) is 0. The highest BCUT2D eigenvalue weighted by molar-refractivity contribution is 7.10. The van der Waals surface area contributed by atoms with Crippen LogP contribution >= 0.6 is 22.9 Å². The fourth-order valence-electron chi connectivity index (χ4n) is 2.19. The van der Waals surface area contributed by atoms with Crippen LogP contribution in [0, 0.1) is 13.8 Å². The van der Waals surface area contributed by atoms with Gasteiger partial charge >= 0.3 is 0 Å². The minimum Gasteiger partial charge on any atom is -0.320 e. The Balaban J connectivity index is 2.46. The minimum absolute atomic E-state index is 0.0454. The Hall–Kier alpha value is -0.830. The largest absolute Gasteiger partial charge is 0.320 e. The summed E-state index contributed by atoms with van der Waals surface area (Å²) in [6.07, 6.45) is 1.03. The minimum atomic E-state index is -0.0454. The third kappa shape index (κ3) is 2.46. The van der Waals surface area contributed by atoms with Crippen LogP contribution in [0.2, 0.25) is 5.02 Å². The van der Waals surface area contributed by atoms with Gasteiger partial charge in [-0.3, -0.25) is 0 Å². The zero-order chi connectivity index (χ0) is 13.3. The average molecular weight is 280 g/mol. The summed E-state index contributed by atoms with van der Waals surface area (Å²) in [6, 6.07) is 6.24. The molecule has 2 aromatic rings. The lowest BCUT2D eigenvalue weighted by Crippen LogP contribution is -2.13. The van der Waals surface area contributed by atoms with E-state index < -0.39 is 0 Å². The number of nitrogens with two attached hydrogens (primary N) is 1. The Labute approximate surface area is 118 Å². The summed E-state index contributed by atoms with van der Waals surface area (Å²) < 4.78 is 0. The van der Waals surface area contributed by atoms with Crippen molar-refractivity contribution < 1.29 is 0 Å². The van der Waals surface area contributed by atoms with Crippen LogP contribution in [0.1, 0.15) is 40.1 Å². The molecule has 1 aromatic carbocycles. The highest BCUT2D eigenvalue weighted by Gasteiger charge is 2.16. The summed E-state index contributed by atoms with van der Waals surface area (Å²) in [5.74, 6) is 0. The Kier molecular flexibility index (Phi) is 4.10. The lowest BCUT2D eigenvalue weighted by molar-refractivity contribution is 0.863. The maximum absolute atomic E-state index is 6.42. The van der Waals surface area contributed by atoms with Crippen molar-refractivity contribution in [2.24, 2.45) is 5.73 Å². The molecule has 0 amide bonds. The van der Waals surface area contributed by atoms with Crippen LogP contribution in [0.25, 0.3) is 0 Å². The van der Waals surface area contributed by atoms with Gasteiger partial charge < -0.3 is 5.73 Å². The second-order valence-corrected chi connectivity index (χ2v) is 5.95. The van der Waals surface area contributed by atoms with Gasteiger partial charge in [0.25, 0.3) is 0 Å². The van der Waals surface area contributed by atoms with Gasteiger partial charge in [-0.25, -0.2) is 0 Å². The van der Waals surface area contributed by atoms with Gasteiger partial charge in [0.2, 0.25) is 0 Å². The monoisotopic (exact) mass is 279 g/mol. The van der Waals surface area contributed by atoms with E-state index in [2.05, 4.69) is 31.4 Å². The first kappa shape index (κ1) is 13.6. The van der Waals surface area contributed by atoms with Gasteiger partial charge in [0.1, 0.15) is 0 Å². The molecule has 1 atom stereocenters. The molecule has 0 aliphatic rings. The molecule has 0 spiro atoms. The van der Waals surface area contributed by atoms with Crippen LogP contribution in [0.5, 0.6) is 0 Å². The van der Waals surface area contributed by atoms with Crippen molar-refractivity contribution in [1.29, 1.82) is 0 Å². The molecule has 0 aliphatic carbocycles. The van der Waals surface area contributed by atoms with Gasteiger partial charge in [-0.15, -0.1) is 11.3 Å². The van der Waals surface area contributed by atoms with Crippen molar-refractivity contribution >= 4 is 22.9 Å². The fourth-order valence-corrected chi connectivity index (χ4v) is 3.43. The third-order valence-corrected chi connectivity index (χ3v) is 4.78. The molecule has 1 unspecified atom stereocenters. The number of halogens is 1. The van der Waals surface area contributed by atoms with Crippen LogP contribution in [-0.4, -0.2) is 0 Å². The quantitative estimate of drug-likeness (QED) is 0.871. The summed E-state index contributed by atoms with van der Waals surface area (Å²) in [5.41, 5.74) is 11.2. The topological polar surface area (TPSA) is 26.0 Å². The van der Waals surface area contributed by atoms with E-state index in [0.717, 1.165) is 22.6 Å². The molecule has 0 saturated carbocycles. The molecule has 1 heterocycles. The second-order valence-electron chi connectivity index (χ2n) is 4.60. The number of hydrogen-bond acceptors (Lipinski definition) is 2. The average Bonchev–Trinajstić information content (AvgIpc) is 2.81. The van der Waals surface area contributed by atoms with Crippen molar-refractivity contribution in [3.63, 3.8) is 0 Å². The molecule has 0 bridgehead atoms. The summed E-state index contributed by atoms with van der Waals surface area (Å²) in [5, 5.41) is 2.93. The molecule has 96 valence electrons. The molecule has 1 aromatic heterocycles. The van der Waals surface area contributed by atoms with Crippen LogP contribution < -0.4 is 5.73 Å². The van der Waals surface area contributed by atoms with Crippen molar-refractivity contribution in [3.05, 3.63) is 55.7 Å². The van der Waals surface area contributed by atoms with Crippen LogP contribution in [-0.2, 0) is 6.42 Å². The molecule has 0 radical (unpaired) electrons. The predicted octanol–water partition coefficient (Wildman–Crippen LogP) is 4.63. The van der Waals surface area contributed by atoms with E-state index in [-0.39, 0.29) is 6.04 Å². The Morgan fingerprint density at radius 3 is 2.67 bits per heavy atom. The predicted molar refractivity (Wildman–Crippen MR) is 80.7 cm³/mol. The third-order valence-electron chi connectivity index (χ3n) is 3.33. The van der Waals surface area contributed by atoms with Gasteiger partial charge in [0, 0.05) is 9.90 Å². The number of thiophene rings is 1. The summed E-state index contributed by atoms with van der Waals surface area (Å²) >= 11 is 7.87. The molecule has 0 aliphatic heterocycles. The number of benzene rings is 1. The number of hydrogen-bond donors (Lipinski definition) is 1. The molecular formula is C15H18ClNS. The van der Waals surface area contributed by atoms with Gasteiger partial charge in [-0.1, -0.05) is 24.6 Å². The molecule has 18 heavy (non-hydrogen) atoms. The zero-order valence-electron chi connectivity index (χ0n) is 11.0. The summed E-state index contributed by atoms with van der Waals surface area (Å²) in [4.78, 5) is 1.27. The van der Waals surface area contributed by atoms with Crippen molar-refractivity contribution in [2.75, 3.05) is 0 Å². The smallest absolute Gasteiger partial charge is 0.0651 e. The van der Waals surface area contributed by atoms with Crippen LogP contribution in [0.4, 0.5) is 0 Å². The number of aryl methyl sites for hydroxylation is 3. The Morgan fingerprint density at radius 1 is 1.28 bits per heavy atom. The van der Waals surface area contributed by atoms with Crippen molar-refractivity contribution in [1.82, 2.24) is 0 Å². The maximum Gasteiger partial charge on any atom is 0.0651 e. The first-order valence-electron chi connectivity index (χ1n) is 6.13. The normalized spacial score (nSPS) is 12.7. The SMILES string of the molecule is CCc1ccsc1C(N)c1cc(C)c(Cl)cc1C. The maximum atomic E-state index is 6.42. The lowest BCUT2D eigenvalue weighted by atomic mass is 9.96. The number of rotatable bonds is 3. The van der Waals surface area contributed by atoms with E-state index in [1.807, 2.05) is 13.0 Å². The van der Waals surface area contributed by atoms with Crippen molar-refractivity contribution in [3.8, 4) is 0 Å². The van der Waals surface area contributed by atoms with E-state index in [9.17, 15) is 0 Å².